The molecule has 1 aromatic heterocycles. The van der Waals surface area contributed by atoms with Gasteiger partial charge < -0.3 is 5.32 Å². The van der Waals surface area contributed by atoms with Gasteiger partial charge >= 0.3 is 0 Å². The first-order valence-corrected chi connectivity index (χ1v) is 5.15. The third-order valence-electron chi connectivity index (χ3n) is 2.97. The monoisotopic (exact) mass is 177 g/mol. The summed E-state index contributed by atoms with van der Waals surface area (Å²) in [7, 11) is 0. The Morgan fingerprint density at radius 1 is 1.46 bits per heavy atom. The molecule has 13 heavy (non-hydrogen) atoms. The summed E-state index contributed by atoms with van der Waals surface area (Å²) >= 11 is 0. The number of rotatable bonds is 3. The highest BCUT2D eigenvalue weighted by molar-refractivity contribution is 5.08. The van der Waals surface area contributed by atoms with Crippen molar-refractivity contribution in [1.82, 2.24) is 15.1 Å². The van der Waals surface area contributed by atoms with Crippen LogP contribution in [0.5, 0.6) is 0 Å². The SMILES string of the molecule is c1nn(C2CC2)cc1CC1CNC1. The molecular weight excluding hydrogens is 162 g/mol. The lowest BCUT2D eigenvalue weighted by atomic mass is 9.96. The highest BCUT2D eigenvalue weighted by Gasteiger charge is 2.25. The molecule has 0 bridgehead atoms. The summed E-state index contributed by atoms with van der Waals surface area (Å²) in [6, 6.07) is 0.730. The molecule has 0 amide bonds. The molecule has 0 unspecified atom stereocenters. The van der Waals surface area contributed by atoms with E-state index in [0.29, 0.717) is 0 Å². The van der Waals surface area contributed by atoms with Crippen molar-refractivity contribution in [3.05, 3.63) is 18.0 Å². The van der Waals surface area contributed by atoms with E-state index in [1.165, 1.54) is 37.9 Å². The van der Waals surface area contributed by atoms with Gasteiger partial charge in [0.05, 0.1) is 12.2 Å². The largest absolute Gasteiger partial charge is 0.316 e. The Morgan fingerprint density at radius 3 is 2.92 bits per heavy atom. The van der Waals surface area contributed by atoms with Crippen molar-refractivity contribution < 1.29 is 0 Å². The van der Waals surface area contributed by atoms with Gasteiger partial charge in [-0.25, -0.2) is 0 Å². The Bertz CT molecular complexity index is 297. The van der Waals surface area contributed by atoms with Gasteiger partial charge in [0.15, 0.2) is 0 Å². The van der Waals surface area contributed by atoms with Crippen molar-refractivity contribution in [2.45, 2.75) is 25.3 Å². The summed E-state index contributed by atoms with van der Waals surface area (Å²) in [5.74, 6) is 0.858. The van der Waals surface area contributed by atoms with Crippen LogP contribution in [0.25, 0.3) is 0 Å². The molecule has 0 spiro atoms. The third-order valence-corrected chi connectivity index (χ3v) is 2.97. The Labute approximate surface area is 78.1 Å². The maximum Gasteiger partial charge on any atom is 0.0521 e. The van der Waals surface area contributed by atoms with E-state index in [1.54, 1.807) is 0 Å². The second-order valence-corrected chi connectivity index (χ2v) is 4.29. The average Bonchev–Trinajstić information content (AvgIpc) is 2.80. The third kappa shape index (κ3) is 1.48. The van der Waals surface area contributed by atoms with Crippen LogP contribution >= 0.6 is 0 Å². The van der Waals surface area contributed by atoms with Gasteiger partial charge in [0, 0.05) is 6.20 Å². The van der Waals surface area contributed by atoms with E-state index in [9.17, 15) is 0 Å². The fourth-order valence-corrected chi connectivity index (χ4v) is 1.85. The topological polar surface area (TPSA) is 29.9 Å². The zero-order chi connectivity index (χ0) is 8.67. The van der Waals surface area contributed by atoms with Gasteiger partial charge in [-0.2, -0.15) is 5.10 Å². The molecule has 3 heteroatoms. The first-order valence-electron chi connectivity index (χ1n) is 5.15. The minimum atomic E-state index is 0.730. The number of nitrogens with one attached hydrogen (secondary N) is 1. The van der Waals surface area contributed by atoms with Gasteiger partial charge in [-0.05, 0) is 43.8 Å². The quantitative estimate of drug-likeness (QED) is 0.746. The van der Waals surface area contributed by atoms with Crippen LogP contribution in [-0.2, 0) is 6.42 Å². The van der Waals surface area contributed by atoms with E-state index in [0.717, 1.165) is 12.0 Å². The Balaban J connectivity index is 1.66. The van der Waals surface area contributed by atoms with E-state index in [-0.39, 0.29) is 0 Å². The molecule has 1 saturated carbocycles. The van der Waals surface area contributed by atoms with Crippen LogP contribution in [0.2, 0.25) is 0 Å². The van der Waals surface area contributed by atoms with E-state index in [2.05, 4.69) is 21.3 Å². The molecule has 70 valence electrons. The van der Waals surface area contributed by atoms with Crippen LogP contribution in [0.3, 0.4) is 0 Å². The zero-order valence-corrected chi connectivity index (χ0v) is 7.74. The summed E-state index contributed by atoms with van der Waals surface area (Å²) in [5.41, 5.74) is 1.42. The van der Waals surface area contributed by atoms with Crippen molar-refractivity contribution in [3.63, 3.8) is 0 Å². The van der Waals surface area contributed by atoms with Crippen LogP contribution in [0.15, 0.2) is 12.4 Å². The van der Waals surface area contributed by atoms with Crippen molar-refractivity contribution >= 4 is 0 Å². The van der Waals surface area contributed by atoms with Crippen molar-refractivity contribution in [1.29, 1.82) is 0 Å². The highest BCUT2D eigenvalue weighted by atomic mass is 15.3. The molecule has 3 rings (SSSR count). The standard InChI is InChI=1S/C10H15N3/c1-2-10(1)13-7-9(6-12-13)3-8-4-11-5-8/h6-8,10-11H,1-5H2. The summed E-state index contributed by atoms with van der Waals surface area (Å²) < 4.78 is 2.14. The van der Waals surface area contributed by atoms with E-state index < -0.39 is 0 Å². The van der Waals surface area contributed by atoms with Crippen LogP contribution in [0, 0.1) is 5.92 Å². The van der Waals surface area contributed by atoms with Gasteiger partial charge in [-0.3, -0.25) is 4.68 Å². The number of hydrogen-bond acceptors (Lipinski definition) is 2. The molecule has 0 atom stereocenters. The summed E-state index contributed by atoms with van der Waals surface area (Å²) in [6.07, 6.45) is 8.13. The lowest BCUT2D eigenvalue weighted by Crippen LogP contribution is -2.42. The molecule has 1 saturated heterocycles. The molecule has 1 aliphatic heterocycles. The van der Waals surface area contributed by atoms with E-state index >= 15 is 0 Å². The Hall–Kier alpha value is -0.830. The maximum atomic E-state index is 4.39. The molecule has 1 aliphatic carbocycles. The van der Waals surface area contributed by atoms with Crippen molar-refractivity contribution in [2.24, 2.45) is 5.92 Å². The first kappa shape index (κ1) is 7.56. The lowest BCUT2D eigenvalue weighted by molar-refractivity contribution is 0.346. The summed E-state index contributed by atoms with van der Waals surface area (Å²) in [4.78, 5) is 0. The van der Waals surface area contributed by atoms with Crippen molar-refractivity contribution in [2.75, 3.05) is 13.1 Å². The first-order chi connectivity index (χ1) is 6.42. The molecule has 2 heterocycles. The lowest BCUT2D eigenvalue weighted by Gasteiger charge is -2.26. The van der Waals surface area contributed by atoms with Crippen LogP contribution < -0.4 is 5.32 Å². The molecule has 1 N–H and O–H groups in total. The molecule has 0 aromatic carbocycles. The van der Waals surface area contributed by atoms with Crippen LogP contribution in [0.1, 0.15) is 24.4 Å². The zero-order valence-electron chi connectivity index (χ0n) is 7.74. The molecule has 1 aromatic rings. The van der Waals surface area contributed by atoms with Crippen molar-refractivity contribution in [3.8, 4) is 0 Å². The van der Waals surface area contributed by atoms with Gasteiger partial charge in [0.2, 0.25) is 0 Å². The minimum absolute atomic E-state index is 0.730. The fraction of sp³-hybridized carbons (Fsp3) is 0.700. The molecule has 2 aliphatic rings. The van der Waals surface area contributed by atoms with Crippen LogP contribution in [-0.4, -0.2) is 22.9 Å². The van der Waals surface area contributed by atoms with Gasteiger partial charge in [0.1, 0.15) is 0 Å². The molecule has 0 radical (unpaired) electrons. The molecular formula is C10H15N3. The number of nitrogens with zero attached hydrogens (tertiary/aromatic N) is 2. The van der Waals surface area contributed by atoms with Crippen LogP contribution in [0.4, 0.5) is 0 Å². The highest BCUT2D eigenvalue weighted by Crippen LogP contribution is 2.34. The Morgan fingerprint density at radius 2 is 2.31 bits per heavy atom. The second kappa shape index (κ2) is 2.84. The summed E-state index contributed by atoms with van der Waals surface area (Å²) in [6.45, 7) is 2.38. The second-order valence-electron chi connectivity index (χ2n) is 4.29. The minimum Gasteiger partial charge on any atom is -0.316 e. The predicted octanol–water partition coefficient (Wildman–Crippen LogP) is 0.980. The van der Waals surface area contributed by atoms with E-state index in [1.807, 2.05) is 6.20 Å². The summed E-state index contributed by atoms with van der Waals surface area (Å²) in [5, 5.41) is 7.68. The normalized spacial score (nSPS) is 23.1. The fourth-order valence-electron chi connectivity index (χ4n) is 1.85. The van der Waals surface area contributed by atoms with Gasteiger partial charge in [-0.1, -0.05) is 0 Å². The van der Waals surface area contributed by atoms with Gasteiger partial charge in [-0.15, -0.1) is 0 Å². The smallest absolute Gasteiger partial charge is 0.0521 e. The molecule has 2 fully saturated rings. The number of hydrogen-bond donors (Lipinski definition) is 1. The maximum absolute atomic E-state index is 4.39. The average molecular weight is 177 g/mol. The Kier molecular flexibility index (Phi) is 1.65. The van der Waals surface area contributed by atoms with Gasteiger partial charge in [0.25, 0.3) is 0 Å². The predicted molar refractivity (Wildman–Crippen MR) is 50.6 cm³/mol. The molecule has 3 nitrogen and oxygen atoms in total. The van der Waals surface area contributed by atoms with E-state index in [4.69, 9.17) is 0 Å². The number of aromatic nitrogens is 2.